The molecule has 0 amide bonds. The smallest absolute Gasteiger partial charge is 0.191 e. The van der Waals surface area contributed by atoms with E-state index in [0.29, 0.717) is 6.61 Å². The number of guanidine groups is 1. The number of aromatic nitrogens is 3. The van der Waals surface area contributed by atoms with Gasteiger partial charge in [-0.1, -0.05) is 19.8 Å². The topological polar surface area (TPSA) is 79.6 Å². The molecular formula is C19H37N7O. The number of nitrogens with one attached hydrogen (secondary N) is 2. The fraction of sp³-hybridized carbons (Fsp3) is 0.842. The quantitative estimate of drug-likeness (QED) is 0.343. The van der Waals surface area contributed by atoms with Crippen LogP contribution in [0.15, 0.2) is 11.3 Å². The first-order chi connectivity index (χ1) is 13.3. The number of methoxy groups -OCH3 is 1. The molecule has 0 atom stereocenters. The highest BCUT2D eigenvalue weighted by Gasteiger charge is 2.08. The molecule has 0 radical (unpaired) electrons. The third-order valence-electron chi connectivity index (χ3n) is 4.86. The Hall–Kier alpha value is -1.67. The largest absolute Gasteiger partial charge is 0.383 e. The molecule has 0 saturated carbocycles. The van der Waals surface area contributed by atoms with Gasteiger partial charge in [-0.15, -0.1) is 10.2 Å². The summed E-state index contributed by atoms with van der Waals surface area (Å²) in [5.74, 6) is 1.87. The minimum absolute atomic E-state index is 0.667. The summed E-state index contributed by atoms with van der Waals surface area (Å²) in [5.41, 5.74) is 0. The number of nitrogens with zero attached hydrogens (tertiary/aromatic N) is 5. The highest BCUT2D eigenvalue weighted by Crippen LogP contribution is 2.09. The van der Waals surface area contributed by atoms with Crippen molar-refractivity contribution in [2.75, 3.05) is 53.0 Å². The molecule has 8 heteroatoms. The van der Waals surface area contributed by atoms with Gasteiger partial charge in [0, 0.05) is 39.7 Å². The molecule has 0 aliphatic carbocycles. The number of ether oxygens (including phenoxy) is 1. The van der Waals surface area contributed by atoms with Crippen molar-refractivity contribution in [1.29, 1.82) is 0 Å². The van der Waals surface area contributed by atoms with Crippen LogP contribution in [0.4, 0.5) is 0 Å². The summed E-state index contributed by atoms with van der Waals surface area (Å²) in [7, 11) is 1.71. The van der Waals surface area contributed by atoms with E-state index in [4.69, 9.17) is 9.73 Å². The molecule has 8 nitrogen and oxygen atoms in total. The molecule has 0 bridgehead atoms. The normalized spacial score (nSPS) is 16.3. The van der Waals surface area contributed by atoms with E-state index in [0.717, 1.165) is 57.3 Å². The van der Waals surface area contributed by atoms with Crippen LogP contribution in [0.5, 0.6) is 0 Å². The Bertz CT molecular complexity index is 524. The van der Waals surface area contributed by atoms with Crippen molar-refractivity contribution in [3.05, 3.63) is 12.2 Å². The summed E-state index contributed by atoms with van der Waals surface area (Å²) in [4.78, 5) is 7.33. The third kappa shape index (κ3) is 8.71. The first-order valence-corrected chi connectivity index (χ1v) is 10.4. The average molecular weight is 380 g/mol. The third-order valence-corrected chi connectivity index (χ3v) is 4.86. The van der Waals surface area contributed by atoms with E-state index in [9.17, 15) is 0 Å². The van der Waals surface area contributed by atoms with Crippen molar-refractivity contribution < 1.29 is 4.74 Å². The molecule has 154 valence electrons. The van der Waals surface area contributed by atoms with Crippen molar-refractivity contribution in [2.24, 2.45) is 4.99 Å². The Morgan fingerprint density at radius 2 is 1.93 bits per heavy atom. The maximum atomic E-state index is 5.13. The zero-order valence-electron chi connectivity index (χ0n) is 17.1. The fourth-order valence-electron chi connectivity index (χ4n) is 3.32. The predicted octanol–water partition coefficient (Wildman–Crippen LogP) is 1.29. The second kappa shape index (κ2) is 13.5. The summed E-state index contributed by atoms with van der Waals surface area (Å²) in [6.45, 7) is 9.61. The van der Waals surface area contributed by atoms with Crippen LogP contribution in [0, 0.1) is 0 Å². The van der Waals surface area contributed by atoms with E-state index in [-0.39, 0.29) is 0 Å². The van der Waals surface area contributed by atoms with Crippen LogP contribution in [0.3, 0.4) is 0 Å². The first kappa shape index (κ1) is 21.6. The summed E-state index contributed by atoms with van der Waals surface area (Å²) in [6.07, 6.45) is 9.24. The molecule has 0 unspecified atom stereocenters. The van der Waals surface area contributed by atoms with Crippen LogP contribution in [0.25, 0.3) is 0 Å². The zero-order valence-corrected chi connectivity index (χ0v) is 17.1. The molecular weight excluding hydrogens is 342 g/mol. The maximum Gasteiger partial charge on any atom is 0.191 e. The number of hydrogen-bond donors (Lipinski definition) is 2. The number of aryl methyl sites for hydroxylation is 1. The van der Waals surface area contributed by atoms with Gasteiger partial charge in [-0.05, 0) is 38.9 Å². The Morgan fingerprint density at radius 3 is 2.67 bits per heavy atom. The van der Waals surface area contributed by atoms with Crippen molar-refractivity contribution in [3.63, 3.8) is 0 Å². The summed E-state index contributed by atoms with van der Waals surface area (Å²) in [6, 6.07) is 0. The first-order valence-electron chi connectivity index (χ1n) is 10.4. The molecule has 1 aromatic rings. The van der Waals surface area contributed by atoms with Gasteiger partial charge in [0.2, 0.25) is 0 Å². The molecule has 2 N–H and O–H groups in total. The molecule has 27 heavy (non-hydrogen) atoms. The average Bonchev–Trinajstić information content (AvgIpc) is 2.98. The Kier molecular flexibility index (Phi) is 10.8. The minimum Gasteiger partial charge on any atom is -0.383 e. The number of likely N-dealkylation sites (tertiary alicyclic amines) is 1. The summed E-state index contributed by atoms with van der Waals surface area (Å²) in [5, 5.41) is 14.9. The number of aliphatic imine (C=N–C) groups is 1. The van der Waals surface area contributed by atoms with E-state index in [2.05, 4.69) is 37.2 Å². The van der Waals surface area contributed by atoms with E-state index < -0.39 is 0 Å². The molecule has 2 rings (SSSR count). The molecule has 1 saturated heterocycles. The highest BCUT2D eigenvalue weighted by molar-refractivity contribution is 5.79. The van der Waals surface area contributed by atoms with Crippen LogP contribution < -0.4 is 10.6 Å². The van der Waals surface area contributed by atoms with E-state index in [1.54, 1.807) is 13.4 Å². The van der Waals surface area contributed by atoms with Crippen molar-refractivity contribution in [1.82, 2.24) is 30.3 Å². The van der Waals surface area contributed by atoms with Crippen LogP contribution in [0.1, 0.15) is 44.9 Å². The lowest BCUT2D eigenvalue weighted by atomic mass is 10.2. The molecule has 0 aromatic carbocycles. The molecule has 1 aliphatic rings. The van der Waals surface area contributed by atoms with Gasteiger partial charge in [-0.3, -0.25) is 4.99 Å². The monoisotopic (exact) mass is 379 g/mol. The molecule has 0 spiro atoms. The lowest BCUT2D eigenvalue weighted by Crippen LogP contribution is -2.40. The van der Waals surface area contributed by atoms with Gasteiger partial charge < -0.3 is 24.8 Å². The van der Waals surface area contributed by atoms with E-state index in [1.165, 1.54) is 38.8 Å². The number of hydrogen-bond acceptors (Lipinski definition) is 5. The van der Waals surface area contributed by atoms with Gasteiger partial charge in [-0.2, -0.15) is 0 Å². The zero-order chi connectivity index (χ0) is 19.2. The second-order valence-corrected chi connectivity index (χ2v) is 6.98. The van der Waals surface area contributed by atoms with Gasteiger partial charge in [0.1, 0.15) is 12.2 Å². The maximum absolute atomic E-state index is 5.13. The standard InChI is InChI=1S/C19H37N7O/c1-3-18-24-23-17-26(18)15-10-21-19(22-11-16-27-2)20-9-8-14-25-12-6-4-5-7-13-25/h17H,3-16H2,1-2H3,(H2,20,21,22). The minimum atomic E-state index is 0.667. The van der Waals surface area contributed by atoms with Crippen LogP contribution in [-0.2, 0) is 17.7 Å². The van der Waals surface area contributed by atoms with Crippen LogP contribution in [-0.4, -0.2) is 78.6 Å². The van der Waals surface area contributed by atoms with E-state index in [1.807, 2.05) is 0 Å². The van der Waals surface area contributed by atoms with Gasteiger partial charge >= 0.3 is 0 Å². The van der Waals surface area contributed by atoms with Crippen molar-refractivity contribution in [2.45, 2.75) is 52.0 Å². The van der Waals surface area contributed by atoms with Crippen molar-refractivity contribution in [3.8, 4) is 0 Å². The molecule has 2 heterocycles. The van der Waals surface area contributed by atoms with Gasteiger partial charge in [0.25, 0.3) is 0 Å². The van der Waals surface area contributed by atoms with Crippen LogP contribution in [0.2, 0.25) is 0 Å². The number of rotatable bonds is 11. The second-order valence-electron chi connectivity index (χ2n) is 6.98. The molecule has 1 aliphatic heterocycles. The summed E-state index contributed by atoms with van der Waals surface area (Å²) >= 11 is 0. The Morgan fingerprint density at radius 1 is 1.15 bits per heavy atom. The Labute approximate surface area is 163 Å². The predicted molar refractivity (Wildman–Crippen MR) is 109 cm³/mol. The van der Waals surface area contributed by atoms with Gasteiger partial charge in [0.05, 0.1) is 6.61 Å². The molecule has 1 aromatic heterocycles. The SMILES string of the molecule is CCc1nncn1CCNC(=NCCCN1CCCCCC1)NCCOC. The Balaban J connectivity index is 1.72. The van der Waals surface area contributed by atoms with Gasteiger partial charge in [0.15, 0.2) is 5.96 Å². The fourth-order valence-corrected chi connectivity index (χ4v) is 3.32. The lowest BCUT2D eigenvalue weighted by molar-refractivity contribution is 0.203. The van der Waals surface area contributed by atoms with Gasteiger partial charge in [-0.25, -0.2) is 0 Å². The molecule has 1 fully saturated rings. The van der Waals surface area contributed by atoms with E-state index >= 15 is 0 Å². The van der Waals surface area contributed by atoms with Crippen LogP contribution >= 0.6 is 0 Å². The summed E-state index contributed by atoms with van der Waals surface area (Å²) < 4.78 is 7.21. The van der Waals surface area contributed by atoms with Crippen molar-refractivity contribution >= 4 is 5.96 Å². The highest BCUT2D eigenvalue weighted by atomic mass is 16.5. The lowest BCUT2D eigenvalue weighted by Gasteiger charge is -2.19.